The highest BCUT2D eigenvalue weighted by atomic mass is 32.2. The summed E-state index contributed by atoms with van der Waals surface area (Å²) in [4.78, 5) is 11.5. The molecule has 0 aromatic heterocycles. The van der Waals surface area contributed by atoms with E-state index >= 15 is 0 Å². The van der Waals surface area contributed by atoms with E-state index in [9.17, 15) is 13.2 Å². The molecule has 2 aromatic rings. The molecule has 1 atom stereocenters. The molecule has 2 N–H and O–H groups in total. The second kappa shape index (κ2) is 8.68. The van der Waals surface area contributed by atoms with Gasteiger partial charge in [-0.15, -0.1) is 0 Å². The molecule has 0 saturated carbocycles. The lowest BCUT2D eigenvalue weighted by Gasteiger charge is -2.15. The van der Waals surface area contributed by atoms with Gasteiger partial charge >= 0.3 is 6.09 Å². The summed E-state index contributed by atoms with van der Waals surface area (Å²) in [5, 5.41) is 2.51. The first-order valence-electron chi connectivity index (χ1n) is 8.06. The molecule has 2 rings (SSSR count). The number of hydrogen-bond donors (Lipinski definition) is 2. The third-order valence-electron chi connectivity index (χ3n) is 3.63. The Morgan fingerprint density at radius 2 is 1.69 bits per heavy atom. The summed E-state index contributed by atoms with van der Waals surface area (Å²) in [5.41, 5.74) is 1.26. The van der Waals surface area contributed by atoms with Gasteiger partial charge in [0.15, 0.2) is 0 Å². The van der Waals surface area contributed by atoms with E-state index in [1.54, 1.807) is 45.2 Å². The number of carbonyl (C=O) groups is 1. The summed E-state index contributed by atoms with van der Waals surface area (Å²) in [6, 6.07) is 12.6. The van der Waals surface area contributed by atoms with Crippen molar-refractivity contribution in [1.82, 2.24) is 4.72 Å². The van der Waals surface area contributed by atoms with Gasteiger partial charge in [-0.1, -0.05) is 12.1 Å². The Balaban J connectivity index is 2.07. The zero-order valence-electron chi connectivity index (χ0n) is 14.9. The maximum atomic E-state index is 12.5. The predicted octanol–water partition coefficient (Wildman–Crippen LogP) is 3.30. The van der Waals surface area contributed by atoms with E-state index in [1.807, 2.05) is 0 Å². The molecule has 140 valence electrons. The van der Waals surface area contributed by atoms with Gasteiger partial charge < -0.3 is 9.47 Å². The molecule has 0 aliphatic carbocycles. The first-order chi connectivity index (χ1) is 12.4. The van der Waals surface area contributed by atoms with E-state index in [4.69, 9.17) is 9.47 Å². The quantitative estimate of drug-likeness (QED) is 0.771. The van der Waals surface area contributed by atoms with Crippen molar-refractivity contribution in [2.24, 2.45) is 0 Å². The van der Waals surface area contributed by atoms with E-state index < -0.39 is 22.2 Å². The van der Waals surface area contributed by atoms with E-state index in [-0.39, 0.29) is 11.5 Å². The van der Waals surface area contributed by atoms with Gasteiger partial charge in [-0.3, -0.25) is 5.32 Å². The van der Waals surface area contributed by atoms with Crippen molar-refractivity contribution in [3.8, 4) is 5.75 Å². The Morgan fingerprint density at radius 3 is 2.23 bits per heavy atom. The van der Waals surface area contributed by atoms with Crippen LogP contribution >= 0.6 is 0 Å². The fourth-order valence-corrected chi connectivity index (χ4v) is 3.50. The Hall–Kier alpha value is -2.58. The Bertz CT molecular complexity index is 833. The van der Waals surface area contributed by atoms with Crippen molar-refractivity contribution in [3.63, 3.8) is 0 Å². The molecule has 0 unspecified atom stereocenters. The molecule has 26 heavy (non-hydrogen) atoms. The number of rotatable bonds is 7. The molecule has 0 saturated heterocycles. The van der Waals surface area contributed by atoms with Crippen molar-refractivity contribution in [1.29, 1.82) is 0 Å². The third kappa shape index (κ3) is 5.21. The number of nitrogens with one attached hydrogen (secondary N) is 2. The fourth-order valence-electron chi connectivity index (χ4n) is 2.26. The molecule has 0 aliphatic heterocycles. The van der Waals surface area contributed by atoms with Crippen LogP contribution < -0.4 is 14.8 Å². The van der Waals surface area contributed by atoms with Crippen LogP contribution in [0.15, 0.2) is 53.4 Å². The smallest absolute Gasteiger partial charge is 0.411 e. The molecule has 0 spiro atoms. The summed E-state index contributed by atoms with van der Waals surface area (Å²) in [6.07, 6.45) is -0.589. The normalized spacial score (nSPS) is 12.3. The lowest BCUT2D eigenvalue weighted by atomic mass is 10.1. The summed E-state index contributed by atoms with van der Waals surface area (Å²) >= 11 is 0. The van der Waals surface area contributed by atoms with Crippen LogP contribution in [0.1, 0.15) is 25.5 Å². The maximum absolute atomic E-state index is 12.5. The zero-order chi connectivity index (χ0) is 19.2. The van der Waals surface area contributed by atoms with Crippen molar-refractivity contribution in [2.75, 3.05) is 19.0 Å². The van der Waals surface area contributed by atoms with Crippen LogP contribution in [0, 0.1) is 0 Å². The molecule has 0 aliphatic rings. The maximum Gasteiger partial charge on any atom is 0.411 e. The summed E-state index contributed by atoms with van der Waals surface area (Å²) in [5.74, 6) is 0.702. The van der Waals surface area contributed by atoms with Crippen molar-refractivity contribution >= 4 is 21.8 Å². The number of amides is 1. The SMILES string of the molecule is CCOC(=O)Nc1ccc(S(=O)(=O)N[C@@H](C)c2ccc(OC)cc2)cc1. The molecule has 0 bridgehead atoms. The molecule has 1 amide bonds. The van der Waals surface area contributed by atoms with Crippen LogP contribution in [-0.4, -0.2) is 28.2 Å². The van der Waals surface area contributed by atoms with Gasteiger partial charge in [0.25, 0.3) is 0 Å². The number of sulfonamides is 1. The number of methoxy groups -OCH3 is 1. The lowest BCUT2D eigenvalue weighted by Crippen LogP contribution is -2.26. The van der Waals surface area contributed by atoms with E-state index in [0.29, 0.717) is 11.4 Å². The first kappa shape index (κ1) is 19.7. The van der Waals surface area contributed by atoms with E-state index in [1.165, 1.54) is 24.3 Å². The number of ether oxygens (including phenoxy) is 2. The minimum Gasteiger partial charge on any atom is -0.497 e. The van der Waals surface area contributed by atoms with Crippen molar-refractivity contribution in [2.45, 2.75) is 24.8 Å². The second-order valence-corrected chi connectivity index (χ2v) is 7.20. The van der Waals surface area contributed by atoms with Gasteiger partial charge in [-0.25, -0.2) is 17.9 Å². The highest BCUT2D eigenvalue weighted by Crippen LogP contribution is 2.21. The summed E-state index contributed by atoms with van der Waals surface area (Å²) < 4.78 is 37.5. The van der Waals surface area contributed by atoms with Crippen molar-refractivity contribution < 1.29 is 22.7 Å². The van der Waals surface area contributed by atoms with Gasteiger partial charge in [0.05, 0.1) is 18.6 Å². The molecule has 0 radical (unpaired) electrons. The predicted molar refractivity (Wildman–Crippen MR) is 98.8 cm³/mol. The Morgan fingerprint density at radius 1 is 1.08 bits per heavy atom. The van der Waals surface area contributed by atoms with Gasteiger partial charge in [-0.05, 0) is 55.8 Å². The molecular formula is C18H22N2O5S. The minimum atomic E-state index is -3.70. The molecule has 0 fully saturated rings. The third-order valence-corrected chi connectivity index (χ3v) is 5.19. The number of hydrogen-bond acceptors (Lipinski definition) is 5. The van der Waals surface area contributed by atoms with Crippen molar-refractivity contribution in [3.05, 3.63) is 54.1 Å². The van der Waals surface area contributed by atoms with Gasteiger partial charge in [0.1, 0.15) is 5.75 Å². The molecular weight excluding hydrogens is 356 g/mol. The standard InChI is InChI=1S/C18H22N2O5S/c1-4-25-18(21)19-15-7-11-17(12-8-15)26(22,23)20-13(2)14-5-9-16(24-3)10-6-14/h5-13,20H,4H2,1-3H3,(H,19,21)/t13-/m0/s1. The van der Waals surface area contributed by atoms with Crippen LogP contribution in [0.3, 0.4) is 0 Å². The Labute approximate surface area is 153 Å². The first-order valence-corrected chi connectivity index (χ1v) is 9.54. The lowest BCUT2D eigenvalue weighted by molar-refractivity contribution is 0.168. The molecule has 0 heterocycles. The van der Waals surface area contributed by atoms with Crippen LogP contribution in [-0.2, 0) is 14.8 Å². The average Bonchev–Trinajstić information content (AvgIpc) is 2.62. The monoisotopic (exact) mass is 378 g/mol. The summed E-state index contributed by atoms with van der Waals surface area (Å²) in [6.45, 7) is 3.71. The number of anilines is 1. The van der Waals surface area contributed by atoms with Crippen LogP contribution in [0.5, 0.6) is 5.75 Å². The van der Waals surface area contributed by atoms with Gasteiger partial charge in [0.2, 0.25) is 10.0 Å². The van der Waals surface area contributed by atoms with Crippen LogP contribution in [0.25, 0.3) is 0 Å². The fraction of sp³-hybridized carbons (Fsp3) is 0.278. The van der Waals surface area contributed by atoms with E-state index in [2.05, 4.69) is 10.0 Å². The van der Waals surface area contributed by atoms with Gasteiger partial charge in [-0.2, -0.15) is 0 Å². The second-order valence-electron chi connectivity index (χ2n) is 5.49. The largest absolute Gasteiger partial charge is 0.497 e. The highest BCUT2D eigenvalue weighted by molar-refractivity contribution is 7.89. The topological polar surface area (TPSA) is 93.7 Å². The summed E-state index contributed by atoms with van der Waals surface area (Å²) in [7, 11) is -2.13. The number of benzene rings is 2. The average molecular weight is 378 g/mol. The highest BCUT2D eigenvalue weighted by Gasteiger charge is 2.18. The van der Waals surface area contributed by atoms with E-state index in [0.717, 1.165) is 5.56 Å². The molecule has 2 aromatic carbocycles. The molecule has 7 nitrogen and oxygen atoms in total. The molecule has 8 heteroatoms. The van der Waals surface area contributed by atoms with Gasteiger partial charge in [0, 0.05) is 11.7 Å². The zero-order valence-corrected chi connectivity index (χ0v) is 15.7. The minimum absolute atomic E-state index is 0.104. The Kier molecular flexibility index (Phi) is 6.59. The van der Waals surface area contributed by atoms with Crippen LogP contribution in [0.2, 0.25) is 0 Å². The number of carbonyl (C=O) groups excluding carboxylic acids is 1. The van der Waals surface area contributed by atoms with Crippen LogP contribution in [0.4, 0.5) is 10.5 Å².